The Bertz CT molecular complexity index is 483. The van der Waals surface area contributed by atoms with Gasteiger partial charge in [-0.15, -0.1) is 0 Å². The second kappa shape index (κ2) is 7.28. The zero-order valence-electron chi connectivity index (χ0n) is 12.4. The first-order valence-corrected chi connectivity index (χ1v) is 6.96. The fourth-order valence-electron chi connectivity index (χ4n) is 2.16. The third kappa shape index (κ3) is 4.09. The molecule has 0 aromatic heterocycles. The monoisotopic (exact) mass is 295 g/mol. The number of carbonyl (C=O) groups excluding carboxylic acids is 1. The van der Waals surface area contributed by atoms with Crippen molar-refractivity contribution in [3.8, 4) is 11.5 Å². The van der Waals surface area contributed by atoms with Crippen LogP contribution >= 0.6 is 0 Å². The fourth-order valence-corrected chi connectivity index (χ4v) is 2.16. The van der Waals surface area contributed by atoms with Crippen LogP contribution in [0.4, 0.5) is 0 Å². The van der Waals surface area contributed by atoms with Crippen LogP contribution in [0.25, 0.3) is 0 Å². The number of aliphatic hydroxyl groups excluding tert-OH is 1. The molecule has 116 valence electrons. The van der Waals surface area contributed by atoms with Crippen LogP contribution < -0.4 is 9.47 Å². The van der Waals surface area contributed by atoms with Gasteiger partial charge in [-0.1, -0.05) is 0 Å². The van der Waals surface area contributed by atoms with Crippen molar-refractivity contribution >= 4 is 5.91 Å². The minimum Gasteiger partial charge on any atom is -0.497 e. The summed E-state index contributed by atoms with van der Waals surface area (Å²) < 4.78 is 15.9. The number of ether oxygens (including phenoxy) is 3. The Morgan fingerprint density at radius 1 is 1.43 bits per heavy atom. The molecular weight excluding hydrogens is 274 g/mol. The summed E-state index contributed by atoms with van der Waals surface area (Å²) in [5, 5.41) is 9.75. The van der Waals surface area contributed by atoms with Gasteiger partial charge in [-0.2, -0.15) is 0 Å². The normalized spacial score (nSPS) is 16.4. The summed E-state index contributed by atoms with van der Waals surface area (Å²) in [7, 11) is 1.56. The average Bonchev–Trinajstić information content (AvgIpc) is 2.52. The number of amides is 1. The topological polar surface area (TPSA) is 68.2 Å². The van der Waals surface area contributed by atoms with Crippen LogP contribution in [0.3, 0.4) is 0 Å². The fraction of sp³-hybridized carbons (Fsp3) is 0.533. The van der Waals surface area contributed by atoms with Gasteiger partial charge in [0, 0.05) is 24.7 Å². The Morgan fingerprint density at radius 3 is 2.76 bits per heavy atom. The molecule has 0 radical (unpaired) electrons. The van der Waals surface area contributed by atoms with Crippen LogP contribution in [0.1, 0.15) is 18.6 Å². The van der Waals surface area contributed by atoms with Gasteiger partial charge in [-0.25, -0.2) is 0 Å². The van der Waals surface area contributed by atoms with E-state index in [2.05, 4.69) is 0 Å². The van der Waals surface area contributed by atoms with E-state index in [9.17, 15) is 9.90 Å². The Morgan fingerprint density at radius 2 is 2.14 bits per heavy atom. The van der Waals surface area contributed by atoms with E-state index in [4.69, 9.17) is 14.2 Å². The van der Waals surface area contributed by atoms with E-state index in [1.807, 2.05) is 0 Å². The second-order valence-electron chi connectivity index (χ2n) is 4.86. The molecule has 1 atom stereocenters. The van der Waals surface area contributed by atoms with E-state index in [-0.39, 0.29) is 12.5 Å². The number of rotatable bonds is 5. The van der Waals surface area contributed by atoms with Gasteiger partial charge in [0.1, 0.15) is 11.5 Å². The lowest BCUT2D eigenvalue weighted by molar-refractivity contribution is -0.137. The Hall–Kier alpha value is -1.79. The van der Waals surface area contributed by atoms with Gasteiger partial charge in [-0.05, 0) is 19.1 Å². The van der Waals surface area contributed by atoms with Gasteiger partial charge < -0.3 is 24.2 Å². The molecule has 0 aliphatic carbocycles. The number of benzene rings is 1. The largest absolute Gasteiger partial charge is 0.497 e. The van der Waals surface area contributed by atoms with E-state index < -0.39 is 6.10 Å². The molecule has 1 fully saturated rings. The quantitative estimate of drug-likeness (QED) is 0.877. The maximum atomic E-state index is 12.1. The van der Waals surface area contributed by atoms with Crippen molar-refractivity contribution in [1.82, 2.24) is 4.90 Å². The highest BCUT2D eigenvalue weighted by Crippen LogP contribution is 2.29. The molecule has 21 heavy (non-hydrogen) atoms. The number of hydrogen-bond donors (Lipinski definition) is 1. The van der Waals surface area contributed by atoms with Gasteiger partial charge in [0.25, 0.3) is 5.91 Å². The highest BCUT2D eigenvalue weighted by molar-refractivity contribution is 5.77. The predicted octanol–water partition coefficient (Wildman–Crippen LogP) is 0.986. The molecule has 1 aromatic rings. The van der Waals surface area contributed by atoms with E-state index in [0.717, 1.165) is 0 Å². The number of hydrogen-bond acceptors (Lipinski definition) is 5. The molecule has 1 aliphatic heterocycles. The molecule has 1 heterocycles. The van der Waals surface area contributed by atoms with Crippen LogP contribution in [0.15, 0.2) is 18.2 Å². The predicted molar refractivity (Wildman–Crippen MR) is 76.5 cm³/mol. The van der Waals surface area contributed by atoms with E-state index >= 15 is 0 Å². The van der Waals surface area contributed by atoms with Crippen LogP contribution in [0.5, 0.6) is 11.5 Å². The Balaban J connectivity index is 2.02. The Labute approximate surface area is 124 Å². The molecule has 2 rings (SSSR count). The molecule has 1 aromatic carbocycles. The molecule has 0 spiro atoms. The van der Waals surface area contributed by atoms with Gasteiger partial charge in [-0.3, -0.25) is 4.79 Å². The van der Waals surface area contributed by atoms with Crippen molar-refractivity contribution < 1.29 is 24.1 Å². The summed E-state index contributed by atoms with van der Waals surface area (Å²) in [6.45, 7) is 3.88. The first kappa shape index (κ1) is 15.6. The molecule has 0 unspecified atom stereocenters. The van der Waals surface area contributed by atoms with Gasteiger partial charge in [0.2, 0.25) is 0 Å². The first-order chi connectivity index (χ1) is 10.1. The molecule has 0 saturated carbocycles. The molecule has 1 amide bonds. The standard InChI is InChI=1S/C15H21NO5/c1-11(17)13-4-3-12(19-2)9-14(13)21-10-15(18)16-5-7-20-8-6-16/h3-4,9,11,17H,5-8,10H2,1-2H3/t11-/m0/s1. The summed E-state index contributed by atoms with van der Waals surface area (Å²) >= 11 is 0. The van der Waals surface area contributed by atoms with Crippen LogP contribution in [-0.2, 0) is 9.53 Å². The van der Waals surface area contributed by atoms with Crippen molar-refractivity contribution in [3.05, 3.63) is 23.8 Å². The summed E-state index contributed by atoms with van der Waals surface area (Å²) in [5.41, 5.74) is 0.630. The van der Waals surface area contributed by atoms with Crippen molar-refractivity contribution in [2.24, 2.45) is 0 Å². The van der Waals surface area contributed by atoms with Crippen molar-refractivity contribution in [3.63, 3.8) is 0 Å². The second-order valence-corrected chi connectivity index (χ2v) is 4.86. The Kier molecular flexibility index (Phi) is 5.41. The zero-order valence-corrected chi connectivity index (χ0v) is 12.4. The van der Waals surface area contributed by atoms with E-state index in [0.29, 0.717) is 43.4 Å². The van der Waals surface area contributed by atoms with E-state index in [1.54, 1.807) is 37.1 Å². The van der Waals surface area contributed by atoms with Gasteiger partial charge in [0.15, 0.2) is 6.61 Å². The molecule has 1 N–H and O–H groups in total. The minimum atomic E-state index is -0.676. The number of nitrogens with zero attached hydrogens (tertiary/aromatic N) is 1. The summed E-state index contributed by atoms with van der Waals surface area (Å²) in [5.74, 6) is 0.997. The van der Waals surface area contributed by atoms with E-state index in [1.165, 1.54) is 0 Å². The minimum absolute atomic E-state index is 0.0626. The third-order valence-electron chi connectivity index (χ3n) is 3.39. The number of carbonyl (C=O) groups is 1. The molecular formula is C15H21NO5. The highest BCUT2D eigenvalue weighted by atomic mass is 16.5. The molecule has 1 aliphatic rings. The van der Waals surface area contributed by atoms with Gasteiger partial charge in [0.05, 0.1) is 26.4 Å². The number of morpholine rings is 1. The maximum absolute atomic E-state index is 12.1. The maximum Gasteiger partial charge on any atom is 0.260 e. The molecule has 1 saturated heterocycles. The van der Waals surface area contributed by atoms with Crippen molar-refractivity contribution in [1.29, 1.82) is 0 Å². The first-order valence-electron chi connectivity index (χ1n) is 6.96. The summed E-state index contributed by atoms with van der Waals surface area (Å²) in [4.78, 5) is 13.8. The average molecular weight is 295 g/mol. The van der Waals surface area contributed by atoms with Crippen LogP contribution in [0, 0.1) is 0 Å². The molecule has 6 nitrogen and oxygen atoms in total. The number of methoxy groups -OCH3 is 1. The smallest absolute Gasteiger partial charge is 0.260 e. The lowest BCUT2D eigenvalue weighted by atomic mass is 10.1. The highest BCUT2D eigenvalue weighted by Gasteiger charge is 2.18. The lowest BCUT2D eigenvalue weighted by Crippen LogP contribution is -2.43. The van der Waals surface area contributed by atoms with Crippen molar-refractivity contribution in [2.75, 3.05) is 40.0 Å². The number of aliphatic hydroxyl groups is 1. The lowest BCUT2D eigenvalue weighted by Gasteiger charge is -2.27. The zero-order chi connectivity index (χ0) is 15.2. The molecule has 0 bridgehead atoms. The van der Waals surface area contributed by atoms with Crippen LogP contribution in [0.2, 0.25) is 0 Å². The van der Waals surface area contributed by atoms with Gasteiger partial charge >= 0.3 is 0 Å². The third-order valence-corrected chi connectivity index (χ3v) is 3.39. The summed E-state index contributed by atoms with van der Waals surface area (Å²) in [6.07, 6.45) is -0.676. The SMILES string of the molecule is COc1ccc([C@H](C)O)c(OCC(=O)N2CCOCC2)c1. The van der Waals surface area contributed by atoms with Crippen LogP contribution in [-0.4, -0.2) is 55.9 Å². The molecule has 6 heteroatoms. The van der Waals surface area contributed by atoms with Crippen molar-refractivity contribution in [2.45, 2.75) is 13.0 Å². The summed E-state index contributed by atoms with van der Waals surface area (Å²) in [6, 6.07) is 5.16.